The molecule has 1 aromatic heterocycles. The van der Waals surface area contributed by atoms with Gasteiger partial charge < -0.3 is 0 Å². The maximum atomic E-state index is 14.0. The SMILES string of the molecule is CC1CCC(c2cccc(F)c2F)=Cc2cccnc21. The Morgan fingerprint density at radius 1 is 1.15 bits per heavy atom. The second-order valence-corrected chi connectivity index (χ2v) is 5.19. The number of hydrogen-bond donors (Lipinski definition) is 0. The van der Waals surface area contributed by atoms with Gasteiger partial charge >= 0.3 is 0 Å². The quantitative estimate of drug-likeness (QED) is 0.726. The number of benzene rings is 1. The molecule has 0 bridgehead atoms. The fourth-order valence-electron chi connectivity index (χ4n) is 2.70. The van der Waals surface area contributed by atoms with E-state index in [-0.39, 0.29) is 0 Å². The minimum absolute atomic E-state index is 0.316. The third-order valence-electron chi connectivity index (χ3n) is 3.81. The predicted octanol–water partition coefficient (Wildman–Crippen LogP) is 4.80. The normalized spacial score (nSPS) is 18.1. The summed E-state index contributed by atoms with van der Waals surface area (Å²) in [6.45, 7) is 2.12. The Kier molecular flexibility index (Phi) is 3.35. The van der Waals surface area contributed by atoms with Crippen LogP contribution in [0.5, 0.6) is 0 Å². The lowest BCUT2D eigenvalue weighted by Gasteiger charge is -2.10. The van der Waals surface area contributed by atoms with Crippen LogP contribution < -0.4 is 0 Å². The van der Waals surface area contributed by atoms with E-state index in [4.69, 9.17) is 0 Å². The number of halogens is 2. The van der Waals surface area contributed by atoms with Gasteiger partial charge in [-0.05, 0) is 48.1 Å². The summed E-state index contributed by atoms with van der Waals surface area (Å²) in [6.07, 6.45) is 5.31. The van der Waals surface area contributed by atoms with Crippen molar-refractivity contribution in [3.8, 4) is 0 Å². The molecule has 0 spiro atoms. The Morgan fingerprint density at radius 2 is 2.00 bits per heavy atom. The van der Waals surface area contributed by atoms with Gasteiger partial charge in [0.1, 0.15) is 0 Å². The molecule has 1 unspecified atom stereocenters. The molecule has 0 radical (unpaired) electrons. The van der Waals surface area contributed by atoms with Crippen molar-refractivity contribution in [2.24, 2.45) is 0 Å². The molecule has 0 amide bonds. The fraction of sp³-hybridized carbons (Fsp3) is 0.235. The molecule has 1 atom stereocenters. The van der Waals surface area contributed by atoms with E-state index in [0.29, 0.717) is 11.5 Å². The minimum Gasteiger partial charge on any atom is -0.260 e. The van der Waals surface area contributed by atoms with E-state index in [1.165, 1.54) is 0 Å². The first-order chi connectivity index (χ1) is 9.66. The van der Waals surface area contributed by atoms with Gasteiger partial charge in [0.25, 0.3) is 0 Å². The Hall–Kier alpha value is -2.03. The van der Waals surface area contributed by atoms with Gasteiger partial charge in [-0.15, -0.1) is 0 Å². The smallest absolute Gasteiger partial charge is 0.166 e. The summed E-state index contributed by atoms with van der Waals surface area (Å²) in [6, 6.07) is 8.17. The van der Waals surface area contributed by atoms with E-state index in [0.717, 1.165) is 35.7 Å². The van der Waals surface area contributed by atoms with Gasteiger partial charge in [0.15, 0.2) is 11.6 Å². The highest BCUT2D eigenvalue weighted by atomic mass is 19.2. The van der Waals surface area contributed by atoms with Crippen LogP contribution in [0.4, 0.5) is 8.78 Å². The van der Waals surface area contributed by atoms with Gasteiger partial charge in [0, 0.05) is 11.8 Å². The maximum Gasteiger partial charge on any atom is 0.166 e. The zero-order valence-electron chi connectivity index (χ0n) is 11.2. The summed E-state index contributed by atoms with van der Waals surface area (Å²) in [4.78, 5) is 4.42. The third-order valence-corrected chi connectivity index (χ3v) is 3.81. The molecule has 3 heteroatoms. The minimum atomic E-state index is -0.799. The van der Waals surface area contributed by atoms with Crippen molar-refractivity contribution < 1.29 is 8.78 Å². The molecule has 0 fully saturated rings. The molecule has 20 heavy (non-hydrogen) atoms. The second kappa shape index (κ2) is 5.16. The van der Waals surface area contributed by atoms with E-state index in [9.17, 15) is 8.78 Å². The van der Waals surface area contributed by atoms with Gasteiger partial charge in [-0.2, -0.15) is 0 Å². The van der Waals surface area contributed by atoms with Gasteiger partial charge in [0.2, 0.25) is 0 Å². The highest BCUT2D eigenvalue weighted by molar-refractivity contribution is 5.83. The lowest BCUT2D eigenvalue weighted by atomic mass is 9.97. The number of nitrogens with zero attached hydrogens (tertiary/aromatic N) is 1. The molecular weight excluding hydrogens is 256 g/mol. The average Bonchev–Trinajstić information content (AvgIpc) is 2.62. The molecule has 102 valence electrons. The van der Waals surface area contributed by atoms with Crippen molar-refractivity contribution in [2.75, 3.05) is 0 Å². The number of rotatable bonds is 1. The molecule has 1 nitrogen and oxygen atoms in total. The standard InChI is InChI=1S/C17H15F2N/c1-11-7-8-12(10-13-4-3-9-20-17(11)13)14-5-2-6-15(18)16(14)19/h2-6,9-11H,7-8H2,1H3. The highest BCUT2D eigenvalue weighted by Gasteiger charge is 2.19. The van der Waals surface area contributed by atoms with Crippen molar-refractivity contribution >= 4 is 11.6 Å². The molecule has 1 aliphatic carbocycles. The highest BCUT2D eigenvalue weighted by Crippen LogP contribution is 2.35. The van der Waals surface area contributed by atoms with Crippen LogP contribution in [0.3, 0.4) is 0 Å². The summed E-state index contributed by atoms with van der Waals surface area (Å²) in [5, 5.41) is 0. The van der Waals surface area contributed by atoms with Gasteiger partial charge in [-0.1, -0.05) is 25.1 Å². The van der Waals surface area contributed by atoms with Crippen LogP contribution in [0.15, 0.2) is 36.5 Å². The Morgan fingerprint density at radius 3 is 2.85 bits per heavy atom. The molecule has 3 rings (SSSR count). The molecule has 2 aromatic rings. The van der Waals surface area contributed by atoms with Crippen molar-refractivity contribution in [1.29, 1.82) is 0 Å². The first-order valence-corrected chi connectivity index (χ1v) is 6.76. The number of pyridine rings is 1. The molecule has 0 saturated carbocycles. The van der Waals surface area contributed by atoms with E-state index in [1.54, 1.807) is 18.3 Å². The first kappa shape index (κ1) is 13.0. The molecule has 1 heterocycles. The Labute approximate surface area is 117 Å². The summed E-state index contributed by atoms with van der Waals surface area (Å²) in [7, 11) is 0. The van der Waals surface area contributed by atoms with Crippen molar-refractivity contribution in [3.05, 3.63) is 65.0 Å². The summed E-state index contributed by atoms with van der Waals surface area (Å²) in [5.41, 5.74) is 3.21. The van der Waals surface area contributed by atoms with Crippen LogP contribution in [0.2, 0.25) is 0 Å². The second-order valence-electron chi connectivity index (χ2n) is 5.19. The van der Waals surface area contributed by atoms with E-state index >= 15 is 0 Å². The molecule has 1 aromatic carbocycles. The Balaban J connectivity index is 2.12. The molecule has 1 aliphatic rings. The number of aromatic nitrogens is 1. The van der Waals surface area contributed by atoms with Crippen molar-refractivity contribution in [3.63, 3.8) is 0 Å². The Bertz CT molecular complexity index is 676. The lowest BCUT2D eigenvalue weighted by molar-refractivity contribution is 0.506. The molecular formula is C17H15F2N. The number of fused-ring (bicyclic) bond motifs is 1. The van der Waals surface area contributed by atoms with E-state index < -0.39 is 11.6 Å². The summed E-state index contributed by atoms with van der Waals surface area (Å²) in [5.74, 6) is -1.25. The van der Waals surface area contributed by atoms with Crippen LogP contribution >= 0.6 is 0 Å². The van der Waals surface area contributed by atoms with Crippen molar-refractivity contribution in [1.82, 2.24) is 4.98 Å². The van der Waals surface area contributed by atoms with Crippen LogP contribution in [-0.4, -0.2) is 4.98 Å². The first-order valence-electron chi connectivity index (χ1n) is 6.76. The molecule has 0 N–H and O–H groups in total. The van der Waals surface area contributed by atoms with Gasteiger partial charge in [-0.3, -0.25) is 4.98 Å². The number of hydrogen-bond acceptors (Lipinski definition) is 1. The van der Waals surface area contributed by atoms with Crippen molar-refractivity contribution in [2.45, 2.75) is 25.7 Å². The average molecular weight is 271 g/mol. The van der Waals surface area contributed by atoms with Crippen LogP contribution in [-0.2, 0) is 0 Å². The summed E-state index contributed by atoms with van der Waals surface area (Å²) < 4.78 is 27.4. The topological polar surface area (TPSA) is 12.9 Å². The predicted molar refractivity (Wildman–Crippen MR) is 76.1 cm³/mol. The summed E-state index contributed by atoms with van der Waals surface area (Å²) >= 11 is 0. The maximum absolute atomic E-state index is 14.0. The van der Waals surface area contributed by atoms with Gasteiger partial charge in [0.05, 0.1) is 5.69 Å². The number of allylic oxidation sites excluding steroid dienone is 1. The third kappa shape index (κ3) is 2.24. The van der Waals surface area contributed by atoms with Crippen LogP contribution in [0.1, 0.15) is 42.5 Å². The largest absolute Gasteiger partial charge is 0.260 e. The lowest BCUT2D eigenvalue weighted by Crippen LogP contribution is -1.97. The van der Waals surface area contributed by atoms with Crippen LogP contribution in [0, 0.1) is 11.6 Å². The fourth-order valence-corrected chi connectivity index (χ4v) is 2.70. The zero-order valence-corrected chi connectivity index (χ0v) is 11.2. The zero-order chi connectivity index (χ0) is 14.1. The molecule has 0 aliphatic heterocycles. The van der Waals surface area contributed by atoms with Crippen LogP contribution in [0.25, 0.3) is 11.6 Å². The van der Waals surface area contributed by atoms with E-state index in [1.807, 2.05) is 18.2 Å². The van der Waals surface area contributed by atoms with Gasteiger partial charge in [-0.25, -0.2) is 8.78 Å². The molecule has 0 saturated heterocycles. The van der Waals surface area contributed by atoms with E-state index in [2.05, 4.69) is 11.9 Å². The monoisotopic (exact) mass is 271 g/mol.